The summed E-state index contributed by atoms with van der Waals surface area (Å²) in [5, 5.41) is 0. The van der Waals surface area contributed by atoms with Gasteiger partial charge in [-0.05, 0) is 58.2 Å². The van der Waals surface area contributed by atoms with Crippen molar-refractivity contribution in [2.45, 2.75) is 52.4 Å². The van der Waals surface area contributed by atoms with Gasteiger partial charge in [-0.3, -0.25) is 9.78 Å². The van der Waals surface area contributed by atoms with E-state index in [1.807, 2.05) is 18.3 Å². The molecule has 0 N–H and O–H groups in total. The van der Waals surface area contributed by atoms with Gasteiger partial charge in [-0.25, -0.2) is 0 Å². The first-order chi connectivity index (χ1) is 12.6. The van der Waals surface area contributed by atoms with Crippen LogP contribution in [0.3, 0.4) is 0 Å². The third-order valence-electron chi connectivity index (χ3n) is 5.85. The average Bonchev–Trinajstić information content (AvgIpc) is 2.64. The number of allylic oxidation sites excluding steroid dienone is 1. The first-order valence-corrected chi connectivity index (χ1v) is 10.1. The van der Waals surface area contributed by atoms with E-state index < -0.39 is 0 Å². The highest BCUT2D eigenvalue weighted by Crippen LogP contribution is 2.38. The van der Waals surface area contributed by atoms with Crippen LogP contribution in [-0.2, 0) is 11.2 Å². The zero-order valence-corrected chi connectivity index (χ0v) is 16.4. The molecule has 0 bridgehead atoms. The van der Waals surface area contributed by atoms with Crippen LogP contribution in [-0.4, -0.2) is 53.4 Å². The molecular formula is C22H33N3O. The molecule has 2 aliphatic rings. The van der Waals surface area contributed by atoms with Gasteiger partial charge in [0, 0.05) is 56.3 Å². The van der Waals surface area contributed by atoms with Crippen LogP contribution in [0.15, 0.2) is 36.0 Å². The molecule has 0 aliphatic carbocycles. The molecule has 2 aliphatic heterocycles. The van der Waals surface area contributed by atoms with E-state index in [9.17, 15) is 4.79 Å². The van der Waals surface area contributed by atoms with Crippen LogP contribution in [0.4, 0.5) is 0 Å². The lowest BCUT2D eigenvalue weighted by Crippen LogP contribution is -2.54. The van der Waals surface area contributed by atoms with Gasteiger partial charge in [0.2, 0.25) is 5.91 Å². The second kappa shape index (κ2) is 8.81. The van der Waals surface area contributed by atoms with Gasteiger partial charge in [0.15, 0.2) is 0 Å². The summed E-state index contributed by atoms with van der Waals surface area (Å²) in [6.45, 7) is 9.58. The van der Waals surface area contributed by atoms with Crippen molar-refractivity contribution in [3.63, 3.8) is 0 Å². The Morgan fingerprint density at radius 1 is 1.23 bits per heavy atom. The summed E-state index contributed by atoms with van der Waals surface area (Å²) in [5.74, 6) is 0.327. The number of rotatable bonds is 6. The topological polar surface area (TPSA) is 36.4 Å². The van der Waals surface area contributed by atoms with E-state index in [1.165, 1.54) is 25.0 Å². The van der Waals surface area contributed by atoms with Gasteiger partial charge in [0.1, 0.15) is 0 Å². The summed E-state index contributed by atoms with van der Waals surface area (Å²) in [4.78, 5) is 21.6. The summed E-state index contributed by atoms with van der Waals surface area (Å²) >= 11 is 0. The number of hydrogen-bond acceptors (Lipinski definition) is 3. The van der Waals surface area contributed by atoms with E-state index in [2.05, 4.69) is 40.8 Å². The highest BCUT2D eigenvalue weighted by atomic mass is 16.2. The molecule has 4 nitrogen and oxygen atoms in total. The van der Waals surface area contributed by atoms with Crippen molar-refractivity contribution in [1.82, 2.24) is 14.8 Å². The molecule has 1 aromatic rings. The first kappa shape index (κ1) is 19.1. The molecule has 0 radical (unpaired) electrons. The SMILES string of the molecule is CC(C)=CCCN1CCC[C@]2(CCC(=O)N(CCc3ccccn3)C2)C1. The molecule has 4 heteroatoms. The van der Waals surface area contributed by atoms with Gasteiger partial charge < -0.3 is 9.80 Å². The monoisotopic (exact) mass is 355 g/mol. The summed E-state index contributed by atoms with van der Waals surface area (Å²) < 4.78 is 0. The van der Waals surface area contributed by atoms with Gasteiger partial charge in [-0.2, -0.15) is 0 Å². The third-order valence-corrected chi connectivity index (χ3v) is 5.85. The van der Waals surface area contributed by atoms with Crippen molar-refractivity contribution in [1.29, 1.82) is 0 Å². The van der Waals surface area contributed by atoms with Crippen molar-refractivity contribution in [3.05, 3.63) is 41.7 Å². The number of aromatic nitrogens is 1. The number of piperidine rings is 2. The Bertz CT molecular complexity index is 624. The Morgan fingerprint density at radius 3 is 2.88 bits per heavy atom. The fourth-order valence-corrected chi connectivity index (χ4v) is 4.47. The van der Waals surface area contributed by atoms with Crippen LogP contribution in [0.1, 0.15) is 51.6 Å². The standard InChI is InChI=1S/C22H33N3O/c1-19(2)7-5-14-24-15-6-11-22(17-24)12-9-21(26)25(18-22)16-10-20-8-3-4-13-23-20/h3-4,7-8,13H,5-6,9-12,14-18H2,1-2H3/t22-/m0/s1. The van der Waals surface area contributed by atoms with Gasteiger partial charge in [0.25, 0.3) is 0 Å². The summed E-state index contributed by atoms with van der Waals surface area (Å²) in [6, 6.07) is 6.01. The molecule has 3 rings (SSSR count). The molecule has 2 saturated heterocycles. The Balaban J connectivity index is 1.57. The van der Waals surface area contributed by atoms with Crippen molar-refractivity contribution in [2.75, 3.05) is 32.7 Å². The predicted molar refractivity (Wildman–Crippen MR) is 106 cm³/mol. The van der Waals surface area contributed by atoms with E-state index in [0.717, 1.165) is 51.1 Å². The van der Waals surface area contributed by atoms with Crippen LogP contribution < -0.4 is 0 Å². The lowest BCUT2D eigenvalue weighted by molar-refractivity contribution is -0.139. The zero-order valence-electron chi connectivity index (χ0n) is 16.4. The molecule has 1 amide bonds. The Morgan fingerprint density at radius 2 is 2.12 bits per heavy atom. The third kappa shape index (κ3) is 5.16. The van der Waals surface area contributed by atoms with E-state index in [0.29, 0.717) is 17.7 Å². The van der Waals surface area contributed by atoms with E-state index in [4.69, 9.17) is 0 Å². The minimum Gasteiger partial charge on any atom is -0.342 e. The Labute approximate surface area is 158 Å². The van der Waals surface area contributed by atoms with Crippen molar-refractivity contribution in [2.24, 2.45) is 5.41 Å². The highest BCUT2D eigenvalue weighted by Gasteiger charge is 2.41. The number of nitrogens with zero attached hydrogens (tertiary/aromatic N) is 3. The Hall–Kier alpha value is -1.68. The molecule has 3 heterocycles. The maximum Gasteiger partial charge on any atom is 0.222 e. The van der Waals surface area contributed by atoms with Crippen molar-refractivity contribution in [3.8, 4) is 0 Å². The zero-order chi connectivity index (χ0) is 18.4. The molecule has 2 fully saturated rings. The smallest absolute Gasteiger partial charge is 0.222 e. The van der Waals surface area contributed by atoms with Crippen LogP contribution >= 0.6 is 0 Å². The summed E-state index contributed by atoms with van der Waals surface area (Å²) in [5.41, 5.74) is 2.79. The maximum absolute atomic E-state index is 12.5. The minimum absolute atomic E-state index is 0.307. The van der Waals surface area contributed by atoms with E-state index in [-0.39, 0.29) is 0 Å². The Kier molecular flexibility index (Phi) is 6.47. The number of likely N-dealkylation sites (tertiary alicyclic amines) is 2. The number of amides is 1. The van der Waals surface area contributed by atoms with Crippen molar-refractivity contribution >= 4 is 5.91 Å². The van der Waals surface area contributed by atoms with E-state index >= 15 is 0 Å². The fourth-order valence-electron chi connectivity index (χ4n) is 4.47. The number of carbonyl (C=O) groups excluding carboxylic acids is 1. The van der Waals surface area contributed by atoms with Crippen LogP contribution in [0.5, 0.6) is 0 Å². The molecule has 26 heavy (non-hydrogen) atoms. The van der Waals surface area contributed by atoms with Crippen LogP contribution in [0.2, 0.25) is 0 Å². The number of hydrogen-bond donors (Lipinski definition) is 0. The maximum atomic E-state index is 12.5. The largest absolute Gasteiger partial charge is 0.342 e. The quantitative estimate of drug-likeness (QED) is 0.730. The molecular weight excluding hydrogens is 322 g/mol. The first-order valence-electron chi connectivity index (χ1n) is 10.1. The van der Waals surface area contributed by atoms with Crippen LogP contribution in [0.25, 0.3) is 0 Å². The minimum atomic E-state index is 0.307. The molecule has 0 unspecified atom stereocenters. The molecule has 1 spiro atoms. The summed E-state index contributed by atoms with van der Waals surface area (Å²) in [6.07, 6.45) is 10.5. The number of carbonyl (C=O) groups is 1. The van der Waals surface area contributed by atoms with E-state index in [1.54, 1.807) is 0 Å². The second-order valence-corrected chi connectivity index (χ2v) is 8.34. The van der Waals surface area contributed by atoms with Crippen LogP contribution in [0, 0.1) is 5.41 Å². The molecule has 1 atom stereocenters. The number of pyridine rings is 1. The average molecular weight is 356 g/mol. The molecule has 0 saturated carbocycles. The van der Waals surface area contributed by atoms with Gasteiger partial charge in [0.05, 0.1) is 0 Å². The lowest BCUT2D eigenvalue weighted by Gasteiger charge is -2.48. The van der Waals surface area contributed by atoms with Gasteiger partial charge in [-0.1, -0.05) is 17.7 Å². The lowest BCUT2D eigenvalue weighted by atomic mass is 9.73. The van der Waals surface area contributed by atoms with Gasteiger partial charge >= 0.3 is 0 Å². The van der Waals surface area contributed by atoms with Gasteiger partial charge in [-0.15, -0.1) is 0 Å². The van der Waals surface area contributed by atoms with Crippen molar-refractivity contribution < 1.29 is 4.79 Å². The normalized spacial score (nSPS) is 24.1. The second-order valence-electron chi connectivity index (χ2n) is 8.34. The molecule has 0 aromatic carbocycles. The molecule has 1 aromatic heterocycles. The fraction of sp³-hybridized carbons (Fsp3) is 0.636. The highest BCUT2D eigenvalue weighted by molar-refractivity contribution is 5.77. The predicted octanol–water partition coefficient (Wildman–Crippen LogP) is 3.69. The summed E-state index contributed by atoms with van der Waals surface area (Å²) in [7, 11) is 0. The molecule has 142 valence electrons.